The zero-order valence-electron chi connectivity index (χ0n) is 11.1. The SMILES string of the molecule is CC1(C)CC(=O)C=C(NCCc2ccccn2)C1. The van der Waals surface area contributed by atoms with Crippen molar-refractivity contribution in [3.05, 3.63) is 41.9 Å². The van der Waals surface area contributed by atoms with Gasteiger partial charge in [0.1, 0.15) is 0 Å². The van der Waals surface area contributed by atoms with Crippen molar-refractivity contribution in [2.45, 2.75) is 33.1 Å². The average molecular weight is 244 g/mol. The van der Waals surface area contributed by atoms with Crippen molar-refractivity contribution in [2.75, 3.05) is 6.54 Å². The van der Waals surface area contributed by atoms with E-state index < -0.39 is 0 Å². The predicted octanol–water partition coefficient (Wildman–Crippen LogP) is 2.49. The minimum Gasteiger partial charge on any atom is -0.388 e. The van der Waals surface area contributed by atoms with Crippen LogP contribution in [0.2, 0.25) is 0 Å². The van der Waals surface area contributed by atoms with Crippen LogP contribution >= 0.6 is 0 Å². The van der Waals surface area contributed by atoms with Gasteiger partial charge in [-0.3, -0.25) is 9.78 Å². The summed E-state index contributed by atoms with van der Waals surface area (Å²) >= 11 is 0. The predicted molar refractivity (Wildman–Crippen MR) is 72.0 cm³/mol. The largest absolute Gasteiger partial charge is 0.388 e. The fourth-order valence-corrected chi connectivity index (χ4v) is 2.36. The van der Waals surface area contributed by atoms with Crippen LogP contribution in [0.3, 0.4) is 0 Å². The lowest BCUT2D eigenvalue weighted by Gasteiger charge is -2.29. The zero-order chi connectivity index (χ0) is 13.0. The number of hydrogen-bond acceptors (Lipinski definition) is 3. The molecule has 0 bridgehead atoms. The molecule has 3 heteroatoms. The molecule has 1 aromatic rings. The Morgan fingerprint density at radius 2 is 2.17 bits per heavy atom. The summed E-state index contributed by atoms with van der Waals surface area (Å²) in [5.74, 6) is 0.228. The van der Waals surface area contributed by atoms with Gasteiger partial charge in [-0.1, -0.05) is 19.9 Å². The molecule has 1 N–H and O–H groups in total. The molecular formula is C15H20N2O. The van der Waals surface area contributed by atoms with Gasteiger partial charge in [0.15, 0.2) is 5.78 Å². The number of allylic oxidation sites excluding steroid dienone is 2. The Morgan fingerprint density at radius 1 is 1.33 bits per heavy atom. The maximum atomic E-state index is 11.6. The highest BCUT2D eigenvalue weighted by Crippen LogP contribution is 2.32. The first-order valence-electron chi connectivity index (χ1n) is 6.42. The lowest BCUT2D eigenvalue weighted by Crippen LogP contribution is -2.28. The molecule has 0 unspecified atom stereocenters. The number of carbonyl (C=O) groups is 1. The molecule has 0 saturated heterocycles. The molecule has 0 saturated carbocycles. The molecule has 2 rings (SSSR count). The molecule has 96 valence electrons. The Kier molecular flexibility index (Phi) is 3.80. The summed E-state index contributed by atoms with van der Waals surface area (Å²) < 4.78 is 0. The lowest BCUT2D eigenvalue weighted by molar-refractivity contribution is -0.117. The molecule has 1 heterocycles. The van der Waals surface area contributed by atoms with E-state index in [0.717, 1.165) is 30.8 Å². The summed E-state index contributed by atoms with van der Waals surface area (Å²) in [7, 11) is 0. The van der Waals surface area contributed by atoms with Gasteiger partial charge in [-0.15, -0.1) is 0 Å². The number of nitrogens with one attached hydrogen (secondary N) is 1. The second-order valence-electron chi connectivity index (χ2n) is 5.65. The first kappa shape index (κ1) is 12.8. The molecule has 0 radical (unpaired) electrons. The van der Waals surface area contributed by atoms with Gasteiger partial charge >= 0.3 is 0 Å². The van der Waals surface area contributed by atoms with Crippen molar-refractivity contribution in [1.82, 2.24) is 10.3 Å². The van der Waals surface area contributed by atoms with Gasteiger partial charge in [0.05, 0.1) is 0 Å². The van der Waals surface area contributed by atoms with Crippen LogP contribution in [0.4, 0.5) is 0 Å². The van der Waals surface area contributed by atoms with Gasteiger partial charge in [-0.2, -0.15) is 0 Å². The Balaban J connectivity index is 1.85. The fraction of sp³-hybridized carbons (Fsp3) is 0.467. The van der Waals surface area contributed by atoms with E-state index in [0.29, 0.717) is 6.42 Å². The zero-order valence-corrected chi connectivity index (χ0v) is 11.1. The molecule has 0 fully saturated rings. The van der Waals surface area contributed by atoms with Gasteiger partial charge in [0.25, 0.3) is 0 Å². The Hall–Kier alpha value is -1.64. The van der Waals surface area contributed by atoms with Crippen LogP contribution in [-0.4, -0.2) is 17.3 Å². The molecule has 1 aliphatic carbocycles. The van der Waals surface area contributed by atoms with Crippen LogP contribution in [0.5, 0.6) is 0 Å². The number of aromatic nitrogens is 1. The van der Waals surface area contributed by atoms with Crippen LogP contribution in [0.25, 0.3) is 0 Å². The van der Waals surface area contributed by atoms with Crippen molar-refractivity contribution in [1.29, 1.82) is 0 Å². The van der Waals surface area contributed by atoms with Crippen LogP contribution in [0.1, 0.15) is 32.4 Å². The third-order valence-electron chi connectivity index (χ3n) is 3.12. The molecule has 3 nitrogen and oxygen atoms in total. The van der Waals surface area contributed by atoms with Crippen LogP contribution in [-0.2, 0) is 11.2 Å². The first-order chi connectivity index (χ1) is 8.55. The van der Waals surface area contributed by atoms with E-state index in [-0.39, 0.29) is 11.2 Å². The average Bonchev–Trinajstić information content (AvgIpc) is 2.27. The highest BCUT2D eigenvalue weighted by atomic mass is 16.1. The molecule has 1 aliphatic rings. The van der Waals surface area contributed by atoms with Crippen molar-refractivity contribution >= 4 is 5.78 Å². The number of rotatable bonds is 4. The van der Waals surface area contributed by atoms with Gasteiger partial charge in [-0.05, 0) is 24.0 Å². The second-order valence-corrected chi connectivity index (χ2v) is 5.65. The minimum atomic E-state index is 0.0825. The van der Waals surface area contributed by atoms with Crippen molar-refractivity contribution < 1.29 is 4.79 Å². The third-order valence-corrected chi connectivity index (χ3v) is 3.12. The smallest absolute Gasteiger partial charge is 0.157 e. The van der Waals surface area contributed by atoms with Crippen molar-refractivity contribution in [2.24, 2.45) is 5.41 Å². The molecular weight excluding hydrogens is 224 g/mol. The summed E-state index contributed by atoms with van der Waals surface area (Å²) in [4.78, 5) is 15.9. The minimum absolute atomic E-state index is 0.0825. The molecule has 0 aliphatic heterocycles. The standard InChI is InChI=1S/C15H20N2O/c1-15(2)10-13(9-14(18)11-15)17-8-6-12-5-3-4-7-16-12/h3-5,7,9,17H,6,8,10-11H2,1-2H3. The van der Waals surface area contributed by atoms with Crippen LogP contribution in [0.15, 0.2) is 36.2 Å². The van der Waals surface area contributed by atoms with Gasteiger partial charge < -0.3 is 5.32 Å². The second kappa shape index (κ2) is 5.34. The number of hydrogen-bond donors (Lipinski definition) is 1. The van der Waals surface area contributed by atoms with E-state index in [1.54, 1.807) is 6.08 Å². The summed E-state index contributed by atoms with van der Waals surface area (Å²) in [6.45, 7) is 5.10. The van der Waals surface area contributed by atoms with E-state index >= 15 is 0 Å². The van der Waals surface area contributed by atoms with Crippen molar-refractivity contribution in [3.8, 4) is 0 Å². The maximum Gasteiger partial charge on any atom is 0.157 e. The van der Waals surface area contributed by atoms with Gasteiger partial charge in [-0.25, -0.2) is 0 Å². The Labute approximate surface area is 108 Å². The maximum absolute atomic E-state index is 11.6. The molecule has 0 aromatic carbocycles. The Morgan fingerprint density at radius 3 is 2.83 bits per heavy atom. The summed E-state index contributed by atoms with van der Waals surface area (Å²) in [5.41, 5.74) is 2.22. The van der Waals surface area contributed by atoms with E-state index in [2.05, 4.69) is 24.1 Å². The van der Waals surface area contributed by atoms with Crippen LogP contribution in [0, 0.1) is 5.41 Å². The quantitative estimate of drug-likeness (QED) is 0.884. The molecule has 1 aromatic heterocycles. The van der Waals surface area contributed by atoms with Gasteiger partial charge in [0.2, 0.25) is 0 Å². The van der Waals surface area contributed by atoms with E-state index in [4.69, 9.17) is 0 Å². The fourth-order valence-electron chi connectivity index (χ4n) is 2.36. The Bertz CT molecular complexity index is 449. The highest BCUT2D eigenvalue weighted by Gasteiger charge is 2.27. The molecule has 18 heavy (non-hydrogen) atoms. The summed E-state index contributed by atoms with van der Waals surface area (Å²) in [6, 6.07) is 5.93. The monoisotopic (exact) mass is 244 g/mol. The molecule has 0 spiro atoms. The first-order valence-corrected chi connectivity index (χ1v) is 6.42. The normalized spacial score (nSPS) is 18.3. The number of ketones is 1. The number of carbonyl (C=O) groups excluding carboxylic acids is 1. The van der Waals surface area contributed by atoms with Crippen LogP contribution < -0.4 is 5.32 Å². The summed E-state index contributed by atoms with van der Waals surface area (Å²) in [5, 5.41) is 3.36. The summed E-state index contributed by atoms with van der Waals surface area (Å²) in [6.07, 6.45) is 6.04. The number of pyridine rings is 1. The molecule has 0 atom stereocenters. The molecule has 0 amide bonds. The third kappa shape index (κ3) is 3.69. The van der Waals surface area contributed by atoms with Crippen molar-refractivity contribution in [3.63, 3.8) is 0 Å². The van der Waals surface area contributed by atoms with E-state index in [9.17, 15) is 4.79 Å². The number of nitrogens with zero attached hydrogens (tertiary/aromatic N) is 1. The van der Waals surface area contributed by atoms with Gasteiger partial charge in [0, 0.05) is 43.1 Å². The topological polar surface area (TPSA) is 42.0 Å². The highest BCUT2D eigenvalue weighted by molar-refractivity contribution is 5.91. The lowest BCUT2D eigenvalue weighted by atomic mass is 9.79. The van der Waals surface area contributed by atoms with E-state index in [1.165, 1.54) is 0 Å². The van der Waals surface area contributed by atoms with E-state index in [1.807, 2.05) is 24.4 Å².